The number of rotatable bonds is 4. The summed E-state index contributed by atoms with van der Waals surface area (Å²) in [6.07, 6.45) is 3.93. The van der Waals surface area contributed by atoms with Gasteiger partial charge in [-0.05, 0) is 13.0 Å². The predicted molar refractivity (Wildman–Crippen MR) is 44.4 cm³/mol. The number of carbonyl (C=O) groups is 1. The van der Waals surface area contributed by atoms with Gasteiger partial charge in [0.05, 0.1) is 11.8 Å². The van der Waals surface area contributed by atoms with Crippen LogP contribution in [0, 0.1) is 0 Å². The average Bonchev–Trinajstić information content (AvgIpc) is 2.48. The third-order valence-corrected chi connectivity index (χ3v) is 1.51. The standard InChI is InChI=1S/C7H12N4O/c8-2-1-3-11-5-6(4-10-11)7(9)12/h4-5H,1-3,8H2,(H2,9,12). The topological polar surface area (TPSA) is 86.9 Å². The van der Waals surface area contributed by atoms with Crippen LogP contribution in [0.2, 0.25) is 0 Å². The summed E-state index contributed by atoms with van der Waals surface area (Å²) < 4.78 is 1.66. The van der Waals surface area contributed by atoms with E-state index in [0.717, 1.165) is 13.0 Å². The van der Waals surface area contributed by atoms with Crippen LogP contribution in [0.25, 0.3) is 0 Å². The van der Waals surface area contributed by atoms with Crippen LogP contribution in [0.3, 0.4) is 0 Å². The van der Waals surface area contributed by atoms with Gasteiger partial charge in [-0.2, -0.15) is 5.10 Å². The lowest BCUT2D eigenvalue weighted by Gasteiger charge is -1.96. The Morgan fingerprint density at radius 1 is 1.67 bits per heavy atom. The summed E-state index contributed by atoms with van der Waals surface area (Å²) in [5.41, 5.74) is 10.8. The normalized spacial score (nSPS) is 10.1. The highest BCUT2D eigenvalue weighted by Gasteiger charge is 2.02. The summed E-state index contributed by atoms with van der Waals surface area (Å²) in [5, 5.41) is 3.94. The van der Waals surface area contributed by atoms with E-state index in [1.54, 1.807) is 10.9 Å². The number of primary amides is 1. The van der Waals surface area contributed by atoms with Gasteiger partial charge in [-0.3, -0.25) is 9.48 Å². The van der Waals surface area contributed by atoms with Gasteiger partial charge in [-0.15, -0.1) is 0 Å². The van der Waals surface area contributed by atoms with E-state index in [-0.39, 0.29) is 0 Å². The second-order valence-electron chi connectivity index (χ2n) is 2.50. The molecule has 5 heteroatoms. The summed E-state index contributed by atoms with van der Waals surface area (Å²) in [6, 6.07) is 0. The maximum atomic E-state index is 10.6. The molecule has 0 unspecified atom stereocenters. The van der Waals surface area contributed by atoms with Crippen LogP contribution in [-0.4, -0.2) is 22.2 Å². The van der Waals surface area contributed by atoms with Gasteiger partial charge in [0.1, 0.15) is 0 Å². The molecule has 0 spiro atoms. The van der Waals surface area contributed by atoms with Crippen LogP contribution in [-0.2, 0) is 6.54 Å². The lowest BCUT2D eigenvalue weighted by atomic mass is 10.3. The Kier molecular flexibility index (Phi) is 2.82. The van der Waals surface area contributed by atoms with Crippen LogP contribution in [0.15, 0.2) is 12.4 Å². The van der Waals surface area contributed by atoms with E-state index in [4.69, 9.17) is 11.5 Å². The third-order valence-electron chi connectivity index (χ3n) is 1.51. The molecule has 1 aromatic heterocycles. The van der Waals surface area contributed by atoms with Crippen molar-refractivity contribution in [3.8, 4) is 0 Å². The van der Waals surface area contributed by atoms with Crippen LogP contribution in [0.4, 0.5) is 0 Å². The Morgan fingerprint density at radius 2 is 2.42 bits per heavy atom. The fraction of sp³-hybridized carbons (Fsp3) is 0.429. The van der Waals surface area contributed by atoms with Crippen LogP contribution in [0.1, 0.15) is 16.8 Å². The number of hydrogen-bond acceptors (Lipinski definition) is 3. The Morgan fingerprint density at radius 3 is 2.92 bits per heavy atom. The number of aromatic nitrogens is 2. The van der Waals surface area contributed by atoms with E-state index < -0.39 is 5.91 Å². The maximum absolute atomic E-state index is 10.6. The lowest BCUT2D eigenvalue weighted by Crippen LogP contribution is -2.10. The molecule has 0 radical (unpaired) electrons. The number of aryl methyl sites for hydroxylation is 1. The number of carbonyl (C=O) groups excluding carboxylic acids is 1. The van der Waals surface area contributed by atoms with Crippen molar-refractivity contribution in [2.75, 3.05) is 6.54 Å². The first-order valence-electron chi connectivity index (χ1n) is 3.76. The molecule has 0 atom stereocenters. The molecule has 0 bridgehead atoms. The number of nitrogens with zero attached hydrogens (tertiary/aromatic N) is 2. The van der Waals surface area contributed by atoms with E-state index in [1.165, 1.54) is 6.20 Å². The van der Waals surface area contributed by atoms with Gasteiger partial charge >= 0.3 is 0 Å². The molecule has 66 valence electrons. The van der Waals surface area contributed by atoms with E-state index in [9.17, 15) is 4.79 Å². The fourth-order valence-electron chi connectivity index (χ4n) is 0.866. The highest BCUT2D eigenvalue weighted by molar-refractivity contribution is 5.92. The van der Waals surface area contributed by atoms with Crippen molar-refractivity contribution in [2.45, 2.75) is 13.0 Å². The second kappa shape index (κ2) is 3.87. The zero-order chi connectivity index (χ0) is 8.97. The Labute approximate surface area is 70.3 Å². The minimum atomic E-state index is -0.450. The molecule has 0 aliphatic carbocycles. The molecule has 1 amide bonds. The molecule has 1 aromatic rings. The molecule has 0 saturated carbocycles. The van der Waals surface area contributed by atoms with Gasteiger partial charge in [-0.1, -0.05) is 0 Å². The van der Waals surface area contributed by atoms with E-state index >= 15 is 0 Å². The molecular formula is C7H12N4O. The molecule has 0 aliphatic rings. The molecule has 1 heterocycles. The largest absolute Gasteiger partial charge is 0.366 e. The third kappa shape index (κ3) is 2.06. The number of amides is 1. The Balaban J connectivity index is 2.58. The van der Waals surface area contributed by atoms with Crippen LogP contribution >= 0.6 is 0 Å². The molecule has 1 rings (SSSR count). The molecule has 5 nitrogen and oxygen atoms in total. The number of nitrogens with two attached hydrogens (primary N) is 2. The first-order valence-corrected chi connectivity index (χ1v) is 3.76. The lowest BCUT2D eigenvalue weighted by molar-refractivity contribution is 0.1000. The minimum absolute atomic E-state index is 0.437. The zero-order valence-electron chi connectivity index (χ0n) is 6.73. The van der Waals surface area contributed by atoms with Crippen molar-refractivity contribution in [3.05, 3.63) is 18.0 Å². The summed E-state index contributed by atoms with van der Waals surface area (Å²) in [5.74, 6) is -0.450. The van der Waals surface area contributed by atoms with Gasteiger partial charge in [0, 0.05) is 12.7 Å². The summed E-state index contributed by atoms with van der Waals surface area (Å²) in [7, 11) is 0. The number of hydrogen-bond donors (Lipinski definition) is 2. The fourth-order valence-corrected chi connectivity index (χ4v) is 0.866. The van der Waals surface area contributed by atoms with Crippen LogP contribution in [0.5, 0.6) is 0 Å². The van der Waals surface area contributed by atoms with E-state index in [1.807, 2.05) is 0 Å². The van der Waals surface area contributed by atoms with E-state index in [0.29, 0.717) is 12.1 Å². The van der Waals surface area contributed by atoms with E-state index in [2.05, 4.69) is 5.10 Å². The molecule has 0 aliphatic heterocycles. The average molecular weight is 168 g/mol. The first-order chi connectivity index (χ1) is 5.74. The van der Waals surface area contributed by atoms with Crippen molar-refractivity contribution in [3.63, 3.8) is 0 Å². The van der Waals surface area contributed by atoms with Crippen molar-refractivity contribution in [2.24, 2.45) is 11.5 Å². The highest BCUT2D eigenvalue weighted by Crippen LogP contribution is 1.96. The SMILES string of the molecule is NCCCn1cc(C(N)=O)cn1. The van der Waals surface area contributed by atoms with Crippen molar-refractivity contribution in [1.29, 1.82) is 0 Å². The highest BCUT2D eigenvalue weighted by atomic mass is 16.1. The predicted octanol–water partition coefficient (Wildman–Crippen LogP) is -0.669. The van der Waals surface area contributed by atoms with Gasteiger partial charge < -0.3 is 11.5 Å². The first kappa shape index (κ1) is 8.73. The Bertz CT molecular complexity index is 268. The van der Waals surface area contributed by atoms with Crippen molar-refractivity contribution >= 4 is 5.91 Å². The maximum Gasteiger partial charge on any atom is 0.251 e. The van der Waals surface area contributed by atoms with Crippen LogP contribution < -0.4 is 11.5 Å². The van der Waals surface area contributed by atoms with Crippen molar-refractivity contribution < 1.29 is 4.79 Å². The molecule has 0 fully saturated rings. The Hall–Kier alpha value is -1.36. The molecule has 4 N–H and O–H groups in total. The monoisotopic (exact) mass is 168 g/mol. The van der Waals surface area contributed by atoms with Gasteiger partial charge in [0.25, 0.3) is 5.91 Å². The smallest absolute Gasteiger partial charge is 0.251 e. The molecular weight excluding hydrogens is 156 g/mol. The zero-order valence-corrected chi connectivity index (χ0v) is 6.73. The molecule has 0 aromatic carbocycles. The molecule has 12 heavy (non-hydrogen) atoms. The minimum Gasteiger partial charge on any atom is -0.366 e. The van der Waals surface area contributed by atoms with Crippen molar-refractivity contribution in [1.82, 2.24) is 9.78 Å². The second-order valence-corrected chi connectivity index (χ2v) is 2.50. The van der Waals surface area contributed by atoms with Gasteiger partial charge in [0.15, 0.2) is 0 Å². The van der Waals surface area contributed by atoms with Gasteiger partial charge in [-0.25, -0.2) is 0 Å². The molecule has 0 saturated heterocycles. The van der Waals surface area contributed by atoms with Gasteiger partial charge in [0.2, 0.25) is 0 Å². The summed E-state index contributed by atoms with van der Waals surface area (Å²) in [6.45, 7) is 1.34. The quantitative estimate of drug-likeness (QED) is 0.625. The summed E-state index contributed by atoms with van der Waals surface area (Å²) in [4.78, 5) is 10.6. The summed E-state index contributed by atoms with van der Waals surface area (Å²) >= 11 is 0.